The summed E-state index contributed by atoms with van der Waals surface area (Å²) in [5, 5.41) is 2.44. The van der Waals surface area contributed by atoms with Gasteiger partial charge in [-0.3, -0.25) is 4.79 Å². The van der Waals surface area contributed by atoms with Gasteiger partial charge in [-0.15, -0.1) is 12.4 Å². The van der Waals surface area contributed by atoms with Gasteiger partial charge in [0, 0.05) is 19.0 Å². The van der Waals surface area contributed by atoms with E-state index >= 15 is 0 Å². The van der Waals surface area contributed by atoms with Crippen LogP contribution in [0, 0.1) is 0 Å². The van der Waals surface area contributed by atoms with Crippen LogP contribution in [0.2, 0.25) is 0 Å². The molecule has 0 unspecified atom stereocenters. The normalized spacial score (nSPS) is 18.1. The van der Waals surface area contributed by atoms with Gasteiger partial charge in [0.05, 0.1) is 11.0 Å². The molecule has 1 atom stereocenters. The smallest absolute Gasteiger partial charge is 0.221 e. The van der Waals surface area contributed by atoms with Gasteiger partial charge in [-0.05, 0) is 19.8 Å². The third-order valence-electron chi connectivity index (χ3n) is 3.18. The molecule has 1 rings (SSSR count). The van der Waals surface area contributed by atoms with Crippen LogP contribution in [0.4, 0.5) is 0 Å². The van der Waals surface area contributed by atoms with Crippen molar-refractivity contribution in [3.8, 4) is 0 Å². The second-order valence-corrected chi connectivity index (χ2v) is 7.13. The zero-order chi connectivity index (χ0) is 12.9. The second-order valence-electron chi connectivity index (χ2n) is 4.73. The van der Waals surface area contributed by atoms with Crippen LogP contribution < -0.4 is 11.1 Å². The fraction of sp³-hybridized carbons (Fsp3) is 0.909. The Hall–Kier alpha value is -0.330. The Morgan fingerprint density at radius 3 is 2.44 bits per heavy atom. The van der Waals surface area contributed by atoms with Crippen LogP contribution >= 0.6 is 12.4 Å². The highest BCUT2D eigenvalue weighted by atomic mass is 35.5. The van der Waals surface area contributed by atoms with Crippen molar-refractivity contribution in [3.05, 3.63) is 0 Å². The van der Waals surface area contributed by atoms with Crippen molar-refractivity contribution in [2.45, 2.75) is 50.3 Å². The molecule has 1 saturated carbocycles. The third kappa shape index (κ3) is 5.54. The molecule has 0 radical (unpaired) electrons. The SMILES string of the molecule is C[C@@H](CN)NC(=O)CCS(=O)(=O)C1CCCC1.Cl. The fourth-order valence-corrected chi connectivity index (χ4v) is 3.91. The molecular formula is C11H23ClN2O3S. The van der Waals surface area contributed by atoms with Crippen LogP contribution in [-0.2, 0) is 14.6 Å². The van der Waals surface area contributed by atoms with Crippen LogP contribution in [-0.4, -0.2) is 37.9 Å². The molecule has 108 valence electrons. The Morgan fingerprint density at radius 2 is 1.94 bits per heavy atom. The maximum atomic E-state index is 11.9. The van der Waals surface area contributed by atoms with Crippen molar-refractivity contribution in [3.63, 3.8) is 0 Å². The second kappa shape index (κ2) is 7.96. The minimum absolute atomic E-state index is 0. The highest BCUT2D eigenvalue weighted by molar-refractivity contribution is 7.92. The molecular weight excluding hydrogens is 276 g/mol. The number of carbonyl (C=O) groups excluding carboxylic acids is 1. The van der Waals surface area contributed by atoms with E-state index in [0.717, 1.165) is 25.7 Å². The molecule has 0 spiro atoms. The van der Waals surface area contributed by atoms with E-state index in [1.165, 1.54) is 0 Å². The van der Waals surface area contributed by atoms with Crippen molar-refractivity contribution in [1.82, 2.24) is 5.32 Å². The lowest BCUT2D eigenvalue weighted by molar-refractivity contribution is -0.121. The lowest BCUT2D eigenvalue weighted by atomic mass is 10.3. The predicted octanol–water partition coefficient (Wildman–Crippen LogP) is 0.619. The molecule has 5 nitrogen and oxygen atoms in total. The van der Waals surface area contributed by atoms with Gasteiger partial charge in [0.2, 0.25) is 5.91 Å². The summed E-state index contributed by atoms with van der Waals surface area (Å²) in [5.41, 5.74) is 5.37. The van der Waals surface area contributed by atoms with Crippen molar-refractivity contribution in [2.75, 3.05) is 12.3 Å². The molecule has 0 aromatic heterocycles. The standard InChI is InChI=1S/C11H22N2O3S.ClH/c1-9(8-12)13-11(14)6-7-17(15,16)10-4-2-3-5-10;/h9-10H,2-8,12H2,1H3,(H,13,14);1H/t9-;/m0./s1. The quantitative estimate of drug-likeness (QED) is 0.752. The minimum atomic E-state index is -3.09. The predicted molar refractivity (Wildman–Crippen MR) is 74.6 cm³/mol. The van der Waals surface area contributed by atoms with Gasteiger partial charge in [-0.25, -0.2) is 8.42 Å². The van der Waals surface area contributed by atoms with E-state index in [1.807, 2.05) is 0 Å². The Labute approximate surface area is 115 Å². The van der Waals surface area contributed by atoms with Crippen LogP contribution in [0.3, 0.4) is 0 Å². The van der Waals surface area contributed by atoms with Crippen LogP contribution in [0.15, 0.2) is 0 Å². The zero-order valence-electron chi connectivity index (χ0n) is 10.7. The number of nitrogens with one attached hydrogen (secondary N) is 1. The van der Waals surface area contributed by atoms with Gasteiger partial charge >= 0.3 is 0 Å². The summed E-state index contributed by atoms with van der Waals surface area (Å²) in [5.74, 6) is -0.273. The highest BCUT2D eigenvalue weighted by Gasteiger charge is 2.28. The van der Waals surface area contributed by atoms with Crippen molar-refractivity contribution in [2.24, 2.45) is 5.73 Å². The van der Waals surface area contributed by atoms with Gasteiger partial charge in [-0.1, -0.05) is 12.8 Å². The first kappa shape index (κ1) is 17.7. The zero-order valence-corrected chi connectivity index (χ0v) is 12.4. The Balaban J connectivity index is 0.00000289. The van der Waals surface area contributed by atoms with Crippen molar-refractivity contribution >= 4 is 28.2 Å². The maximum absolute atomic E-state index is 11.9. The Morgan fingerprint density at radius 1 is 1.39 bits per heavy atom. The van der Waals surface area contributed by atoms with E-state index in [9.17, 15) is 13.2 Å². The summed E-state index contributed by atoms with van der Waals surface area (Å²) in [7, 11) is -3.09. The number of halogens is 1. The van der Waals surface area contributed by atoms with Crippen molar-refractivity contribution in [1.29, 1.82) is 0 Å². The Bertz CT molecular complexity index is 353. The van der Waals surface area contributed by atoms with Crippen LogP contribution in [0.5, 0.6) is 0 Å². The Kier molecular flexibility index (Phi) is 7.82. The average molecular weight is 299 g/mol. The highest BCUT2D eigenvalue weighted by Crippen LogP contribution is 2.25. The summed E-state index contributed by atoms with van der Waals surface area (Å²) in [6.45, 7) is 2.16. The fourth-order valence-electron chi connectivity index (χ4n) is 2.06. The van der Waals surface area contributed by atoms with Gasteiger partial charge in [0.15, 0.2) is 9.84 Å². The summed E-state index contributed by atoms with van der Waals surface area (Å²) in [6, 6.07) is -0.100. The lowest BCUT2D eigenvalue weighted by Gasteiger charge is -2.13. The van der Waals surface area contributed by atoms with Crippen LogP contribution in [0.1, 0.15) is 39.0 Å². The summed E-state index contributed by atoms with van der Waals surface area (Å²) in [6.07, 6.45) is 3.52. The van der Waals surface area contributed by atoms with Gasteiger partial charge < -0.3 is 11.1 Å². The summed E-state index contributed by atoms with van der Waals surface area (Å²) in [4.78, 5) is 11.4. The first-order chi connectivity index (χ1) is 7.95. The minimum Gasteiger partial charge on any atom is -0.352 e. The number of sulfone groups is 1. The van der Waals surface area contributed by atoms with E-state index in [4.69, 9.17) is 5.73 Å². The molecule has 1 aliphatic rings. The molecule has 3 N–H and O–H groups in total. The molecule has 0 saturated heterocycles. The number of carbonyl (C=O) groups is 1. The van der Waals surface area contributed by atoms with Crippen LogP contribution in [0.25, 0.3) is 0 Å². The topological polar surface area (TPSA) is 89.3 Å². The molecule has 0 aromatic rings. The molecule has 0 aromatic carbocycles. The van der Waals surface area contributed by atoms with Gasteiger partial charge in [0.25, 0.3) is 0 Å². The molecule has 1 fully saturated rings. The monoisotopic (exact) mass is 298 g/mol. The molecule has 18 heavy (non-hydrogen) atoms. The van der Waals surface area contributed by atoms with E-state index in [0.29, 0.717) is 6.54 Å². The molecule has 0 heterocycles. The molecule has 7 heteroatoms. The number of amides is 1. The maximum Gasteiger partial charge on any atom is 0.221 e. The number of nitrogens with two attached hydrogens (primary N) is 1. The van der Waals surface area contributed by atoms with E-state index < -0.39 is 9.84 Å². The summed E-state index contributed by atoms with van der Waals surface area (Å²) < 4.78 is 23.8. The first-order valence-corrected chi connectivity index (χ1v) is 7.88. The third-order valence-corrected chi connectivity index (χ3v) is 5.44. The number of rotatable bonds is 6. The van der Waals surface area contributed by atoms with E-state index in [-0.39, 0.29) is 41.8 Å². The van der Waals surface area contributed by atoms with Gasteiger partial charge in [0.1, 0.15) is 0 Å². The molecule has 0 aliphatic heterocycles. The van der Waals surface area contributed by atoms with E-state index in [2.05, 4.69) is 5.32 Å². The summed E-state index contributed by atoms with van der Waals surface area (Å²) >= 11 is 0. The molecule has 1 amide bonds. The van der Waals surface area contributed by atoms with Gasteiger partial charge in [-0.2, -0.15) is 0 Å². The average Bonchev–Trinajstić information content (AvgIpc) is 2.80. The first-order valence-electron chi connectivity index (χ1n) is 6.16. The lowest BCUT2D eigenvalue weighted by Crippen LogP contribution is -2.38. The molecule has 0 bridgehead atoms. The largest absolute Gasteiger partial charge is 0.352 e. The number of hydrogen-bond acceptors (Lipinski definition) is 4. The molecule has 1 aliphatic carbocycles. The van der Waals surface area contributed by atoms with Crippen molar-refractivity contribution < 1.29 is 13.2 Å². The number of hydrogen-bond donors (Lipinski definition) is 2. The van der Waals surface area contributed by atoms with E-state index in [1.54, 1.807) is 6.92 Å².